The molecule has 1 aromatic carbocycles. The highest BCUT2D eigenvalue weighted by atomic mass is 35.5. The number of likely N-dealkylation sites (N-methyl/N-ethyl adjacent to an activating group) is 1. The van der Waals surface area contributed by atoms with Gasteiger partial charge in [0.05, 0.1) is 12.0 Å². The van der Waals surface area contributed by atoms with Gasteiger partial charge in [-0.1, -0.05) is 12.1 Å². The van der Waals surface area contributed by atoms with Gasteiger partial charge in [0.25, 0.3) is 0 Å². The molecule has 1 amide bonds. The fourth-order valence-electron chi connectivity index (χ4n) is 3.57. The van der Waals surface area contributed by atoms with Crippen LogP contribution in [0.5, 0.6) is 5.75 Å². The number of halogens is 3. The fourth-order valence-corrected chi connectivity index (χ4v) is 3.57. The lowest BCUT2D eigenvalue weighted by molar-refractivity contribution is -0.136. The number of ether oxygens (including phenoxy) is 1. The Labute approximate surface area is 158 Å². The molecule has 26 heavy (non-hydrogen) atoms. The van der Waals surface area contributed by atoms with Crippen LogP contribution in [0.25, 0.3) is 0 Å². The molecule has 0 radical (unpaired) electrons. The molecule has 2 aliphatic heterocycles. The van der Waals surface area contributed by atoms with Gasteiger partial charge in [-0.2, -0.15) is 8.78 Å². The molecule has 0 aliphatic carbocycles. The minimum atomic E-state index is -2.87. The summed E-state index contributed by atoms with van der Waals surface area (Å²) in [6.45, 7) is -0.902. The number of nitrogens with zero attached hydrogens (tertiary/aromatic N) is 1. The van der Waals surface area contributed by atoms with Crippen LogP contribution < -0.4 is 20.9 Å². The lowest BCUT2D eigenvalue weighted by Crippen LogP contribution is -2.49. The molecule has 0 spiro atoms. The second kappa shape index (κ2) is 9.45. The first-order valence-corrected chi connectivity index (χ1v) is 8.57. The molecule has 3 N–H and O–H groups in total. The van der Waals surface area contributed by atoms with E-state index in [9.17, 15) is 13.6 Å². The van der Waals surface area contributed by atoms with Gasteiger partial charge in [-0.15, -0.1) is 12.4 Å². The predicted octanol–water partition coefficient (Wildman–Crippen LogP) is 1.69. The molecule has 3 unspecified atom stereocenters. The maximum absolute atomic E-state index is 13.0. The van der Waals surface area contributed by atoms with Gasteiger partial charge in [-0.05, 0) is 37.6 Å². The van der Waals surface area contributed by atoms with Gasteiger partial charge in [0.15, 0.2) is 0 Å². The topological polar surface area (TPSA) is 65.6 Å². The number of carbonyl (C=O) groups excluding carboxylic acids is 1. The Bertz CT molecular complexity index is 608. The highest BCUT2D eigenvalue weighted by Crippen LogP contribution is 2.30. The van der Waals surface area contributed by atoms with E-state index in [4.69, 9.17) is 0 Å². The second-order valence-corrected chi connectivity index (χ2v) is 6.47. The zero-order chi connectivity index (χ0) is 17.8. The van der Waals surface area contributed by atoms with Crippen molar-refractivity contribution in [3.8, 4) is 5.75 Å². The number of hydrogen-bond acceptors (Lipinski definition) is 5. The van der Waals surface area contributed by atoms with Crippen molar-refractivity contribution < 1.29 is 18.3 Å². The molecule has 2 saturated heterocycles. The molecule has 2 fully saturated rings. The lowest BCUT2D eigenvalue weighted by Gasteiger charge is -2.35. The molecular formula is C17H25ClF2N4O2. The van der Waals surface area contributed by atoms with Crippen LogP contribution in [0, 0.1) is 5.92 Å². The summed E-state index contributed by atoms with van der Waals surface area (Å²) >= 11 is 0. The molecule has 3 rings (SSSR count). The molecule has 0 saturated carbocycles. The van der Waals surface area contributed by atoms with Crippen LogP contribution in [0.3, 0.4) is 0 Å². The molecule has 2 aliphatic rings. The van der Waals surface area contributed by atoms with Crippen LogP contribution in [0.15, 0.2) is 24.3 Å². The monoisotopic (exact) mass is 390 g/mol. The van der Waals surface area contributed by atoms with E-state index in [2.05, 4.69) is 20.9 Å². The Morgan fingerprint density at radius 3 is 2.96 bits per heavy atom. The third kappa shape index (κ3) is 4.82. The van der Waals surface area contributed by atoms with E-state index in [0.29, 0.717) is 19.1 Å². The highest BCUT2D eigenvalue weighted by Gasteiger charge is 2.37. The summed E-state index contributed by atoms with van der Waals surface area (Å²) in [7, 11) is 1.91. The third-order valence-corrected chi connectivity index (χ3v) is 4.88. The molecule has 0 bridgehead atoms. The van der Waals surface area contributed by atoms with E-state index < -0.39 is 6.61 Å². The second-order valence-electron chi connectivity index (χ2n) is 6.47. The quantitative estimate of drug-likeness (QED) is 0.714. The average Bonchev–Trinajstić information content (AvgIpc) is 3.10. The number of hydrazine groups is 1. The predicted molar refractivity (Wildman–Crippen MR) is 96.4 cm³/mol. The minimum Gasteiger partial charge on any atom is -0.435 e. The standard InChI is InChI=1S/C17H24F2N4O2.ClH/c1-20-12-5-3-7-23(10-12)16(24)14-9-21-22-15(14)11-4-2-6-13(8-11)25-17(18)19;/h2,4,6,8,12,14-15,17,20-22H,3,5,7,9-10H2,1H3;1H. The summed E-state index contributed by atoms with van der Waals surface area (Å²) in [5.74, 6) is -0.0966. The molecule has 3 atom stereocenters. The van der Waals surface area contributed by atoms with Crippen LogP contribution >= 0.6 is 12.4 Å². The lowest BCUT2D eigenvalue weighted by atomic mass is 9.92. The Morgan fingerprint density at radius 1 is 1.42 bits per heavy atom. The maximum atomic E-state index is 13.0. The fraction of sp³-hybridized carbons (Fsp3) is 0.588. The minimum absolute atomic E-state index is 0. The van der Waals surface area contributed by atoms with E-state index in [-0.39, 0.29) is 36.0 Å². The normalized spacial score (nSPS) is 25.8. The molecule has 1 aromatic rings. The van der Waals surface area contributed by atoms with Crippen LogP contribution in [0.2, 0.25) is 0 Å². The third-order valence-electron chi connectivity index (χ3n) is 4.88. The summed E-state index contributed by atoms with van der Waals surface area (Å²) in [5.41, 5.74) is 6.87. The summed E-state index contributed by atoms with van der Waals surface area (Å²) in [6, 6.07) is 6.56. The summed E-state index contributed by atoms with van der Waals surface area (Å²) in [5, 5.41) is 3.24. The van der Waals surface area contributed by atoms with Gasteiger partial charge in [0.2, 0.25) is 5.91 Å². The first kappa shape index (κ1) is 20.8. The number of hydrogen-bond donors (Lipinski definition) is 3. The van der Waals surface area contributed by atoms with E-state index in [0.717, 1.165) is 24.9 Å². The number of amides is 1. The van der Waals surface area contributed by atoms with Gasteiger partial charge < -0.3 is 15.0 Å². The van der Waals surface area contributed by atoms with Crippen LogP contribution in [0.4, 0.5) is 8.78 Å². The van der Waals surface area contributed by atoms with Crippen molar-refractivity contribution in [1.29, 1.82) is 0 Å². The van der Waals surface area contributed by atoms with Crippen LogP contribution in [-0.4, -0.2) is 50.1 Å². The maximum Gasteiger partial charge on any atom is 0.387 e. The van der Waals surface area contributed by atoms with E-state index in [1.807, 2.05) is 18.0 Å². The van der Waals surface area contributed by atoms with Gasteiger partial charge in [-0.25, -0.2) is 5.43 Å². The first-order valence-electron chi connectivity index (χ1n) is 8.57. The molecule has 2 heterocycles. The first-order chi connectivity index (χ1) is 12.1. The number of likely N-dealkylation sites (tertiary alicyclic amines) is 1. The van der Waals surface area contributed by atoms with Gasteiger partial charge in [0, 0.05) is 25.7 Å². The van der Waals surface area contributed by atoms with Crippen molar-refractivity contribution >= 4 is 18.3 Å². The molecule has 146 valence electrons. The number of alkyl halides is 2. The number of carbonyl (C=O) groups is 1. The number of piperidine rings is 1. The summed E-state index contributed by atoms with van der Waals surface area (Å²) in [6.07, 6.45) is 2.05. The smallest absolute Gasteiger partial charge is 0.387 e. The largest absolute Gasteiger partial charge is 0.435 e. The SMILES string of the molecule is CNC1CCCN(C(=O)C2CNNC2c2cccc(OC(F)F)c2)C1.Cl. The summed E-state index contributed by atoms with van der Waals surface area (Å²) < 4.78 is 29.3. The summed E-state index contributed by atoms with van der Waals surface area (Å²) in [4.78, 5) is 14.9. The van der Waals surface area contributed by atoms with Gasteiger partial charge in [-0.3, -0.25) is 10.2 Å². The van der Waals surface area contributed by atoms with E-state index in [1.54, 1.807) is 12.1 Å². The van der Waals surface area contributed by atoms with Gasteiger partial charge in [0.1, 0.15) is 5.75 Å². The van der Waals surface area contributed by atoms with Crippen molar-refractivity contribution in [2.24, 2.45) is 5.92 Å². The highest BCUT2D eigenvalue weighted by molar-refractivity contribution is 5.85. The zero-order valence-corrected chi connectivity index (χ0v) is 15.4. The molecule has 6 nitrogen and oxygen atoms in total. The number of benzene rings is 1. The van der Waals surface area contributed by atoms with Crippen molar-refractivity contribution in [2.75, 3.05) is 26.7 Å². The Morgan fingerprint density at radius 2 is 2.23 bits per heavy atom. The Kier molecular flexibility index (Phi) is 7.57. The van der Waals surface area contributed by atoms with Crippen LogP contribution in [0.1, 0.15) is 24.4 Å². The Balaban J connectivity index is 0.00000243. The van der Waals surface area contributed by atoms with E-state index in [1.165, 1.54) is 6.07 Å². The molecule has 0 aromatic heterocycles. The van der Waals surface area contributed by atoms with E-state index >= 15 is 0 Å². The van der Waals surface area contributed by atoms with Crippen LogP contribution in [-0.2, 0) is 4.79 Å². The Hall–Kier alpha value is -1.48. The number of rotatable bonds is 5. The van der Waals surface area contributed by atoms with Crippen molar-refractivity contribution in [1.82, 2.24) is 21.1 Å². The molecular weight excluding hydrogens is 366 g/mol. The zero-order valence-electron chi connectivity index (χ0n) is 14.6. The average molecular weight is 391 g/mol. The van der Waals surface area contributed by atoms with Crippen molar-refractivity contribution in [3.63, 3.8) is 0 Å². The van der Waals surface area contributed by atoms with Gasteiger partial charge >= 0.3 is 6.61 Å². The molecule has 9 heteroatoms. The van der Waals surface area contributed by atoms with Crippen molar-refractivity contribution in [2.45, 2.75) is 31.5 Å². The van der Waals surface area contributed by atoms with Crippen molar-refractivity contribution in [3.05, 3.63) is 29.8 Å². The number of nitrogens with one attached hydrogen (secondary N) is 3.